The number of aliphatic hydroxyl groups is 1. The number of hydrogen-bond donors (Lipinski definition) is 2. The highest BCUT2D eigenvalue weighted by atomic mass is 32.2. The maximum absolute atomic E-state index is 12.2. The first-order chi connectivity index (χ1) is 9.12. The lowest BCUT2D eigenvalue weighted by atomic mass is 10.00. The van der Waals surface area contributed by atoms with Gasteiger partial charge in [0.1, 0.15) is 0 Å². The van der Waals surface area contributed by atoms with Crippen LogP contribution < -0.4 is 4.72 Å². The Kier molecular flexibility index (Phi) is 3.34. The van der Waals surface area contributed by atoms with Gasteiger partial charge in [0.05, 0.1) is 17.1 Å². The van der Waals surface area contributed by atoms with E-state index in [1.54, 1.807) is 30.3 Å². The number of benzene rings is 1. The molecule has 3 rings (SSSR count). The van der Waals surface area contributed by atoms with E-state index in [0.29, 0.717) is 12.8 Å². The molecule has 1 saturated carbocycles. The third kappa shape index (κ3) is 2.53. The molecule has 1 heterocycles. The van der Waals surface area contributed by atoms with Gasteiger partial charge in [0, 0.05) is 18.6 Å². The van der Waals surface area contributed by atoms with Gasteiger partial charge in [-0.3, -0.25) is 0 Å². The van der Waals surface area contributed by atoms with Crippen LogP contribution in [0.1, 0.15) is 12.8 Å². The Morgan fingerprint density at radius 3 is 2.74 bits per heavy atom. The van der Waals surface area contributed by atoms with Crippen molar-refractivity contribution >= 4 is 10.0 Å². The first-order valence-electron chi connectivity index (χ1n) is 6.45. The van der Waals surface area contributed by atoms with Crippen LogP contribution in [0.3, 0.4) is 0 Å². The highest BCUT2D eigenvalue weighted by molar-refractivity contribution is 7.89. The standard InChI is InChI=1S/C13H17NO4S/c15-7-6-10-11(8-12-13(10)18-12)14-19(16,17)9-4-2-1-3-5-9/h1-5,10-15H,6-8H2/t10-,11+,12-,13?/m0/s1. The summed E-state index contributed by atoms with van der Waals surface area (Å²) in [4.78, 5) is 0.277. The SMILES string of the molecule is O=S(=O)(N[C@@H]1C[C@@H]2OC2[C@H]1CCO)c1ccccc1. The van der Waals surface area contributed by atoms with Crippen LogP contribution >= 0.6 is 0 Å². The van der Waals surface area contributed by atoms with Crippen molar-refractivity contribution in [2.45, 2.75) is 36.0 Å². The highest BCUT2D eigenvalue weighted by Crippen LogP contribution is 2.45. The first kappa shape index (κ1) is 13.1. The van der Waals surface area contributed by atoms with Gasteiger partial charge in [-0.2, -0.15) is 0 Å². The summed E-state index contributed by atoms with van der Waals surface area (Å²) in [5.74, 6) is 0.0773. The number of sulfonamides is 1. The first-order valence-corrected chi connectivity index (χ1v) is 7.94. The molecule has 1 aliphatic heterocycles. The lowest BCUT2D eigenvalue weighted by molar-refractivity contribution is 0.187. The van der Waals surface area contributed by atoms with Crippen molar-refractivity contribution < 1.29 is 18.3 Å². The number of hydrogen-bond acceptors (Lipinski definition) is 4. The summed E-state index contributed by atoms with van der Waals surface area (Å²) in [7, 11) is -3.48. The lowest BCUT2D eigenvalue weighted by Crippen LogP contribution is -2.40. The Balaban J connectivity index is 1.74. The highest BCUT2D eigenvalue weighted by Gasteiger charge is 2.55. The van der Waals surface area contributed by atoms with Gasteiger partial charge >= 0.3 is 0 Å². The van der Waals surface area contributed by atoms with E-state index in [-0.39, 0.29) is 35.7 Å². The number of fused-ring (bicyclic) bond motifs is 1. The molecular formula is C13H17NO4S. The summed E-state index contributed by atoms with van der Waals surface area (Å²) in [5, 5.41) is 9.06. The Morgan fingerprint density at radius 2 is 2.05 bits per heavy atom. The Hall–Kier alpha value is -0.950. The molecule has 0 bridgehead atoms. The van der Waals surface area contributed by atoms with E-state index in [2.05, 4.69) is 4.72 Å². The fraction of sp³-hybridized carbons (Fsp3) is 0.538. The number of ether oxygens (including phenoxy) is 1. The van der Waals surface area contributed by atoms with E-state index >= 15 is 0 Å². The molecule has 1 aromatic rings. The van der Waals surface area contributed by atoms with Gasteiger partial charge in [-0.1, -0.05) is 18.2 Å². The van der Waals surface area contributed by atoms with Crippen LogP contribution in [0.5, 0.6) is 0 Å². The van der Waals surface area contributed by atoms with E-state index < -0.39 is 10.0 Å². The maximum Gasteiger partial charge on any atom is 0.240 e. The van der Waals surface area contributed by atoms with Crippen molar-refractivity contribution in [2.24, 2.45) is 5.92 Å². The van der Waals surface area contributed by atoms with Gasteiger partial charge in [-0.25, -0.2) is 13.1 Å². The van der Waals surface area contributed by atoms with Gasteiger partial charge < -0.3 is 9.84 Å². The predicted octanol–water partition coefficient (Wildman–Crippen LogP) is 0.503. The van der Waals surface area contributed by atoms with Gasteiger partial charge in [0.2, 0.25) is 10.0 Å². The molecule has 2 aliphatic rings. The molecule has 1 unspecified atom stereocenters. The number of rotatable bonds is 5. The fourth-order valence-electron chi connectivity index (χ4n) is 2.89. The Labute approximate surface area is 112 Å². The van der Waals surface area contributed by atoms with Crippen LogP contribution in [0.2, 0.25) is 0 Å². The molecule has 2 N–H and O–H groups in total. The minimum atomic E-state index is -3.48. The minimum absolute atomic E-state index is 0.0564. The number of aliphatic hydroxyl groups excluding tert-OH is 1. The Morgan fingerprint density at radius 1 is 1.32 bits per heavy atom. The fourth-order valence-corrected chi connectivity index (χ4v) is 4.21. The summed E-state index contributed by atoms with van der Waals surface area (Å²) in [6.45, 7) is 0.0564. The second kappa shape index (κ2) is 4.86. The molecule has 0 radical (unpaired) electrons. The topological polar surface area (TPSA) is 78.9 Å². The van der Waals surface area contributed by atoms with Crippen molar-refractivity contribution in [3.05, 3.63) is 30.3 Å². The molecule has 104 valence electrons. The average Bonchev–Trinajstić information content (AvgIpc) is 3.08. The van der Waals surface area contributed by atoms with Crippen LogP contribution in [0.4, 0.5) is 0 Å². The maximum atomic E-state index is 12.2. The lowest BCUT2D eigenvalue weighted by Gasteiger charge is -2.22. The van der Waals surface area contributed by atoms with E-state index in [9.17, 15) is 8.42 Å². The van der Waals surface area contributed by atoms with Crippen molar-refractivity contribution in [2.75, 3.05) is 6.61 Å². The molecule has 0 amide bonds. The van der Waals surface area contributed by atoms with Crippen molar-refractivity contribution in [3.63, 3.8) is 0 Å². The normalized spacial score (nSPS) is 33.1. The third-order valence-electron chi connectivity index (χ3n) is 3.87. The molecule has 19 heavy (non-hydrogen) atoms. The van der Waals surface area contributed by atoms with E-state index in [0.717, 1.165) is 0 Å². The van der Waals surface area contributed by atoms with Crippen molar-refractivity contribution in [1.82, 2.24) is 4.72 Å². The molecule has 5 nitrogen and oxygen atoms in total. The van der Waals surface area contributed by atoms with Crippen LogP contribution in [0.15, 0.2) is 35.2 Å². The third-order valence-corrected chi connectivity index (χ3v) is 5.38. The summed E-state index contributed by atoms with van der Waals surface area (Å²) in [6, 6.07) is 8.21. The average molecular weight is 283 g/mol. The zero-order valence-corrected chi connectivity index (χ0v) is 11.2. The van der Waals surface area contributed by atoms with E-state index in [1.807, 2.05) is 0 Å². The molecule has 2 fully saturated rings. The zero-order valence-electron chi connectivity index (χ0n) is 10.4. The minimum Gasteiger partial charge on any atom is -0.396 e. The largest absolute Gasteiger partial charge is 0.396 e. The van der Waals surface area contributed by atoms with E-state index in [4.69, 9.17) is 9.84 Å². The summed E-state index contributed by atoms with van der Waals surface area (Å²) in [6.07, 6.45) is 1.56. The second-order valence-electron chi connectivity index (χ2n) is 5.09. The van der Waals surface area contributed by atoms with Crippen LogP contribution in [-0.4, -0.2) is 38.4 Å². The summed E-state index contributed by atoms with van der Waals surface area (Å²) in [5.41, 5.74) is 0. The van der Waals surface area contributed by atoms with Crippen molar-refractivity contribution in [1.29, 1.82) is 0 Å². The molecule has 0 spiro atoms. The molecule has 0 aromatic heterocycles. The quantitative estimate of drug-likeness (QED) is 0.771. The Bertz CT molecular complexity index is 545. The van der Waals surface area contributed by atoms with E-state index in [1.165, 1.54) is 0 Å². The molecule has 4 atom stereocenters. The monoisotopic (exact) mass is 283 g/mol. The zero-order chi connectivity index (χ0) is 13.5. The summed E-state index contributed by atoms with van der Waals surface area (Å²) >= 11 is 0. The van der Waals surface area contributed by atoms with Gasteiger partial charge in [-0.05, 0) is 25.0 Å². The number of epoxide rings is 1. The molecule has 1 saturated heterocycles. The van der Waals surface area contributed by atoms with Gasteiger partial charge in [0.25, 0.3) is 0 Å². The van der Waals surface area contributed by atoms with Gasteiger partial charge in [0.15, 0.2) is 0 Å². The van der Waals surface area contributed by atoms with Crippen LogP contribution in [0, 0.1) is 5.92 Å². The van der Waals surface area contributed by atoms with Crippen LogP contribution in [0.25, 0.3) is 0 Å². The number of nitrogens with one attached hydrogen (secondary N) is 1. The molecule has 1 aliphatic carbocycles. The van der Waals surface area contributed by atoms with Crippen molar-refractivity contribution in [3.8, 4) is 0 Å². The van der Waals surface area contributed by atoms with Gasteiger partial charge in [-0.15, -0.1) is 0 Å². The summed E-state index contributed by atoms with van der Waals surface area (Å²) < 4.78 is 32.7. The smallest absolute Gasteiger partial charge is 0.240 e. The van der Waals surface area contributed by atoms with Crippen LogP contribution in [-0.2, 0) is 14.8 Å². The molecule has 6 heteroatoms. The molecule has 1 aromatic carbocycles. The molecular weight excluding hydrogens is 266 g/mol. The predicted molar refractivity (Wildman–Crippen MR) is 69.0 cm³/mol. The second-order valence-corrected chi connectivity index (χ2v) is 6.81.